The van der Waals surface area contributed by atoms with E-state index in [4.69, 9.17) is 10.8 Å². The van der Waals surface area contributed by atoms with Crippen molar-refractivity contribution >= 4 is 11.6 Å². The van der Waals surface area contributed by atoms with Crippen LogP contribution >= 0.6 is 0 Å². The third kappa shape index (κ3) is 4.05. The molecule has 0 aliphatic carbocycles. The van der Waals surface area contributed by atoms with Gasteiger partial charge < -0.3 is 15.7 Å². The van der Waals surface area contributed by atoms with Gasteiger partial charge in [-0.1, -0.05) is 0 Å². The van der Waals surface area contributed by atoms with E-state index in [1.54, 1.807) is 0 Å². The van der Waals surface area contributed by atoms with Gasteiger partial charge in [0.05, 0.1) is 17.9 Å². The van der Waals surface area contributed by atoms with Gasteiger partial charge in [0.1, 0.15) is 18.2 Å². The second kappa shape index (κ2) is 6.04. The molecule has 0 aromatic heterocycles. The summed E-state index contributed by atoms with van der Waals surface area (Å²) >= 11 is 0. The van der Waals surface area contributed by atoms with Gasteiger partial charge in [0.2, 0.25) is 0 Å². The molecule has 1 aromatic rings. The molecule has 112 valence electrons. The van der Waals surface area contributed by atoms with E-state index in [1.807, 2.05) is 0 Å². The van der Waals surface area contributed by atoms with Crippen LogP contribution in [0.4, 0.5) is 27.6 Å². The Labute approximate surface area is 110 Å². The first-order valence-electron chi connectivity index (χ1n) is 5.37. The van der Waals surface area contributed by atoms with E-state index < -0.39 is 54.7 Å². The fourth-order valence-electron chi connectivity index (χ4n) is 1.49. The minimum atomic E-state index is -4.72. The highest BCUT2D eigenvalue weighted by Crippen LogP contribution is 2.21. The van der Waals surface area contributed by atoms with Gasteiger partial charge in [-0.25, -0.2) is 8.78 Å². The zero-order valence-electron chi connectivity index (χ0n) is 10.0. The van der Waals surface area contributed by atoms with Gasteiger partial charge in [-0.2, -0.15) is 13.2 Å². The standard InChI is InChI=1S/C11H11F5N2O2/c12-7-4-8(13)9(17)3-6(7)10(20)18(1-2-19)5-11(14,15)16/h3-4,19H,1-2,5,17H2. The molecule has 0 fully saturated rings. The van der Waals surface area contributed by atoms with E-state index in [9.17, 15) is 26.7 Å². The lowest BCUT2D eigenvalue weighted by Gasteiger charge is -2.23. The number of aliphatic hydroxyl groups excluding tert-OH is 1. The minimum Gasteiger partial charge on any atom is -0.396 e. The molecule has 20 heavy (non-hydrogen) atoms. The first-order valence-corrected chi connectivity index (χ1v) is 5.37. The maximum absolute atomic E-state index is 13.4. The first kappa shape index (κ1) is 16.2. The molecule has 0 radical (unpaired) electrons. The van der Waals surface area contributed by atoms with Crippen LogP contribution in [-0.2, 0) is 0 Å². The highest BCUT2D eigenvalue weighted by Gasteiger charge is 2.34. The molecule has 0 heterocycles. The number of carbonyl (C=O) groups excluding carboxylic acids is 1. The van der Waals surface area contributed by atoms with E-state index in [1.165, 1.54) is 0 Å². The number of nitrogen functional groups attached to an aromatic ring is 1. The average molecular weight is 298 g/mol. The van der Waals surface area contributed by atoms with E-state index in [-0.39, 0.29) is 4.90 Å². The number of nitrogens with zero attached hydrogens (tertiary/aromatic N) is 1. The molecule has 1 rings (SSSR count). The zero-order valence-corrected chi connectivity index (χ0v) is 10.0. The maximum Gasteiger partial charge on any atom is 0.406 e. The number of carbonyl (C=O) groups is 1. The predicted octanol–water partition coefficient (Wildman–Crippen LogP) is 1.54. The van der Waals surface area contributed by atoms with Crippen LogP contribution < -0.4 is 5.73 Å². The van der Waals surface area contributed by atoms with Gasteiger partial charge in [-0.05, 0) is 6.07 Å². The number of nitrogens with two attached hydrogens (primary N) is 1. The summed E-state index contributed by atoms with van der Waals surface area (Å²) in [6, 6.07) is 0.932. The molecule has 0 saturated heterocycles. The number of alkyl halides is 3. The van der Waals surface area contributed by atoms with Crippen molar-refractivity contribution in [2.24, 2.45) is 0 Å². The normalized spacial score (nSPS) is 11.5. The third-order valence-corrected chi connectivity index (χ3v) is 2.34. The molecule has 0 bridgehead atoms. The Balaban J connectivity index is 3.09. The molecule has 3 N–H and O–H groups in total. The number of halogens is 5. The molecule has 4 nitrogen and oxygen atoms in total. The smallest absolute Gasteiger partial charge is 0.396 e. The Morgan fingerprint density at radius 2 is 1.85 bits per heavy atom. The van der Waals surface area contributed by atoms with Crippen molar-refractivity contribution in [3.05, 3.63) is 29.3 Å². The van der Waals surface area contributed by atoms with Crippen LogP contribution in [-0.4, -0.2) is 41.8 Å². The summed E-state index contributed by atoms with van der Waals surface area (Å²) < 4.78 is 63.2. The van der Waals surface area contributed by atoms with Gasteiger partial charge in [-0.15, -0.1) is 0 Å². The van der Waals surface area contributed by atoms with Gasteiger partial charge >= 0.3 is 6.18 Å². The molecule has 0 aliphatic rings. The van der Waals surface area contributed by atoms with Gasteiger partial charge in [-0.3, -0.25) is 4.79 Å². The van der Waals surface area contributed by atoms with Crippen LogP contribution in [0.2, 0.25) is 0 Å². The fraction of sp³-hybridized carbons (Fsp3) is 0.364. The molecule has 9 heteroatoms. The molecule has 0 saturated carbocycles. The zero-order chi connectivity index (χ0) is 15.5. The third-order valence-electron chi connectivity index (χ3n) is 2.34. The quantitative estimate of drug-likeness (QED) is 0.654. The monoisotopic (exact) mass is 298 g/mol. The summed E-state index contributed by atoms with van der Waals surface area (Å²) in [6.45, 7) is -3.04. The van der Waals surface area contributed by atoms with Gasteiger partial charge in [0.25, 0.3) is 5.91 Å². The lowest BCUT2D eigenvalue weighted by molar-refractivity contribution is -0.141. The van der Waals surface area contributed by atoms with Crippen LogP contribution in [0.3, 0.4) is 0 Å². The fourth-order valence-corrected chi connectivity index (χ4v) is 1.49. The van der Waals surface area contributed by atoms with Crippen molar-refractivity contribution in [2.45, 2.75) is 6.18 Å². The van der Waals surface area contributed by atoms with Crippen molar-refractivity contribution in [3.8, 4) is 0 Å². The van der Waals surface area contributed by atoms with Crippen molar-refractivity contribution in [1.82, 2.24) is 4.90 Å². The molecular formula is C11H11F5N2O2. The maximum atomic E-state index is 13.4. The number of rotatable bonds is 4. The largest absolute Gasteiger partial charge is 0.406 e. The van der Waals surface area contributed by atoms with Gasteiger partial charge in [0, 0.05) is 12.6 Å². The average Bonchev–Trinajstić information content (AvgIpc) is 2.31. The Hall–Kier alpha value is -1.90. The second-order valence-electron chi connectivity index (χ2n) is 3.92. The Kier molecular flexibility index (Phi) is 4.88. The predicted molar refractivity (Wildman–Crippen MR) is 59.8 cm³/mol. The van der Waals surface area contributed by atoms with Gasteiger partial charge in [0.15, 0.2) is 0 Å². The lowest BCUT2D eigenvalue weighted by Crippen LogP contribution is -2.41. The SMILES string of the molecule is Nc1cc(C(=O)N(CCO)CC(F)(F)F)c(F)cc1F. The molecule has 1 amide bonds. The summed E-state index contributed by atoms with van der Waals surface area (Å²) in [6.07, 6.45) is -4.72. The molecule has 0 atom stereocenters. The number of hydrogen-bond acceptors (Lipinski definition) is 3. The second-order valence-corrected chi connectivity index (χ2v) is 3.92. The molecular weight excluding hydrogens is 287 g/mol. The van der Waals surface area contributed by atoms with Crippen LogP contribution in [0.15, 0.2) is 12.1 Å². The summed E-state index contributed by atoms with van der Waals surface area (Å²) in [5.41, 5.74) is 3.79. The molecule has 0 aliphatic heterocycles. The van der Waals surface area contributed by atoms with Crippen LogP contribution in [0.1, 0.15) is 10.4 Å². The van der Waals surface area contributed by atoms with Crippen molar-refractivity contribution in [3.63, 3.8) is 0 Å². The number of benzene rings is 1. The molecule has 0 spiro atoms. The van der Waals surface area contributed by atoms with E-state index >= 15 is 0 Å². The minimum absolute atomic E-state index is 0.204. The Morgan fingerprint density at radius 3 is 2.35 bits per heavy atom. The van der Waals surface area contributed by atoms with Crippen LogP contribution in [0, 0.1) is 11.6 Å². The Bertz CT molecular complexity index is 504. The number of anilines is 1. The topological polar surface area (TPSA) is 66.6 Å². The first-order chi connectivity index (χ1) is 9.15. The number of aliphatic hydroxyl groups is 1. The Morgan fingerprint density at radius 1 is 1.25 bits per heavy atom. The van der Waals surface area contributed by atoms with Crippen molar-refractivity contribution in [2.75, 3.05) is 25.4 Å². The van der Waals surface area contributed by atoms with E-state index in [0.717, 1.165) is 0 Å². The highest BCUT2D eigenvalue weighted by atomic mass is 19.4. The van der Waals surface area contributed by atoms with Crippen LogP contribution in [0.25, 0.3) is 0 Å². The number of hydrogen-bond donors (Lipinski definition) is 2. The summed E-state index contributed by atoms with van der Waals surface area (Å²) in [5.74, 6) is -3.78. The summed E-state index contributed by atoms with van der Waals surface area (Å²) in [7, 11) is 0. The summed E-state index contributed by atoms with van der Waals surface area (Å²) in [5, 5.41) is 8.66. The highest BCUT2D eigenvalue weighted by molar-refractivity contribution is 5.95. The number of amides is 1. The summed E-state index contributed by atoms with van der Waals surface area (Å²) in [4.78, 5) is 12.0. The van der Waals surface area contributed by atoms with Crippen LogP contribution in [0.5, 0.6) is 0 Å². The van der Waals surface area contributed by atoms with Crippen molar-refractivity contribution < 1.29 is 31.9 Å². The van der Waals surface area contributed by atoms with Crippen molar-refractivity contribution in [1.29, 1.82) is 0 Å². The molecule has 0 unspecified atom stereocenters. The van der Waals surface area contributed by atoms with E-state index in [0.29, 0.717) is 12.1 Å². The van der Waals surface area contributed by atoms with E-state index in [2.05, 4.69) is 0 Å². The molecule has 1 aromatic carbocycles. The lowest BCUT2D eigenvalue weighted by atomic mass is 10.1.